The van der Waals surface area contributed by atoms with Crippen molar-refractivity contribution in [1.29, 1.82) is 0 Å². The fourth-order valence-corrected chi connectivity index (χ4v) is 1.96. The third-order valence-electron chi connectivity index (χ3n) is 2.99. The van der Waals surface area contributed by atoms with Gasteiger partial charge in [-0.3, -0.25) is 9.48 Å². The van der Waals surface area contributed by atoms with E-state index in [1.807, 2.05) is 32.3 Å². The lowest BCUT2D eigenvalue weighted by Gasteiger charge is -2.21. The van der Waals surface area contributed by atoms with Crippen LogP contribution in [-0.4, -0.2) is 27.1 Å². The van der Waals surface area contributed by atoms with Gasteiger partial charge >= 0.3 is 0 Å². The summed E-state index contributed by atoms with van der Waals surface area (Å²) in [5, 5.41) is 4.11. The highest BCUT2D eigenvalue weighted by molar-refractivity contribution is 5.99. The Bertz CT molecular complexity index is 576. The molecule has 0 atom stereocenters. The second kappa shape index (κ2) is 5.56. The van der Waals surface area contributed by atoms with Gasteiger partial charge in [-0.05, 0) is 19.1 Å². The van der Waals surface area contributed by atoms with E-state index in [0.29, 0.717) is 24.3 Å². The highest BCUT2D eigenvalue weighted by atomic mass is 16.2. The van der Waals surface area contributed by atoms with Gasteiger partial charge in [0.2, 0.25) is 0 Å². The van der Waals surface area contributed by atoms with Crippen LogP contribution in [0.15, 0.2) is 36.7 Å². The summed E-state index contributed by atoms with van der Waals surface area (Å²) in [6, 6.07) is 7.14. The Balaban J connectivity index is 2.18. The maximum atomic E-state index is 12.4. The van der Waals surface area contributed by atoms with Crippen molar-refractivity contribution in [2.24, 2.45) is 7.05 Å². The molecule has 19 heavy (non-hydrogen) atoms. The quantitative estimate of drug-likeness (QED) is 0.848. The smallest absolute Gasteiger partial charge is 0.256 e. The highest BCUT2D eigenvalue weighted by Gasteiger charge is 2.17. The van der Waals surface area contributed by atoms with Gasteiger partial charge in [0.1, 0.15) is 0 Å². The van der Waals surface area contributed by atoms with Gasteiger partial charge < -0.3 is 10.6 Å². The number of anilines is 1. The molecular formula is C14H18N4O. The first kappa shape index (κ1) is 13.1. The predicted octanol–water partition coefficient (Wildman–Crippen LogP) is 1.66. The number of amides is 1. The molecule has 2 N–H and O–H groups in total. The molecule has 0 saturated carbocycles. The minimum absolute atomic E-state index is 0.0514. The number of aryl methyl sites for hydroxylation is 1. The first-order valence-corrected chi connectivity index (χ1v) is 6.23. The van der Waals surface area contributed by atoms with E-state index in [1.165, 1.54) is 0 Å². The lowest BCUT2D eigenvalue weighted by atomic mass is 10.1. The van der Waals surface area contributed by atoms with Crippen LogP contribution in [0, 0.1) is 0 Å². The molecule has 0 radical (unpaired) electrons. The Morgan fingerprint density at radius 1 is 1.42 bits per heavy atom. The molecule has 0 aliphatic carbocycles. The van der Waals surface area contributed by atoms with Gasteiger partial charge in [-0.25, -0.2) is 0 Å². The lowest BCUT2D eigenvalue weighted by Crippen LogP contribution is -2.30. The molecule has 0 aliphatic rings. The lowest BCUT2D eigenvalue weighted by molar-refractivity contribution is 0.0753. The molecule has 0 aliphatic heterocycles. The molecule has 1 aromatic carbocycles. The van der Waals surface area contributed by atoms with Gasteiger partial charge in [-0.2, -0.15) is 5.10 Å². The molecular weight excluding hydrogens is 240 g/mol. The van der Waals surface area contributed by atoms with E-state index in [9.17, 15) is 4.79 Å². The Morgan fingerprint density at radius 2 is 2.16 bits per heavy atom. The summed E-state index contributed by atoms with van der Waals surface area (Å²) in [6.07, 6.45) is 3.68. The minimum Gasteiger partial charge on any atom is -0.398 e. The van der Waals surface area contributed by atoms with Crippen LogP contribution in [0.5, 0.6) is 0 Å². The van der Waals surface area contributed by atoms with E-state index < -0.39 is 0 Å². The van der Waals surface area contributed by atoms with Crippen LogP contribution in [-0.2, 0) is 13.6 Å². The fourth-order valence-electron chi connectivity index (χ4n) is 1.96. The Labute approximate surface area is 112 Å². The molecule has 0 saturated heterocycles. The number of nitrogen functional groups attached to an aromatic ring is 1. The standard InChI is InChI=1S/C14H18N4O/c1-3-18(10-11-8-16-17(2)9-11)14(19)12-6-4-5-7-13(12)15/h4-9H,3,10,15H2,1-2H3. The minimum atomic E-state index is -0.0514. The number of para-hydroxylation sites is 1. The predicted molar refractivity (Wildman–Crippen MR) is 74.5 cm³/mol. The summed E-state index contributed by atoms with van der Waals surface area (Å²) < 4.78 is 1.73. The van der Waals surface area contributed by atoms with Gasteiger partial charge in [0.25, 0.3) is 5.91 Å². The first-order valence-electron chi connectivity index (χ1n) is 6.23. The summed E-state index contributed by atoms with van der Waals surface area (Å²) in [6.45, 7) is 3.12. The SMILES string of the molecule is CCN(Cc1cnn(C)c1)C(=O)c1ccccc1N. The molecule has 5 nitrogen and oxygen atoms in total. The molecule has 0 bridgehead atoms. The topological polar surface area (TPSA) is 64.2 Å². The number of carbonyl (C=O) groups is 1. The summed E-state index contributed by atoms with van der Waals surface area (Å²) in [4.78, 5) is 14.2. The Morgan fingerprint density at radius 3 is 2.74 bits per heavy atom. The molecule has 1 heterocycles. The number of benzene rings is 1. The summed E-state index contributed by atoms with van der Waals surface area (Å²) in [5.74, 6) is -0.0514. The Kier molecular flexibility index (Phi) is 3.85. The number of rotatable bonds is 4. The molecule has 1 aromatic heterocycles. The number of hydrogen-bond donors (Lipinski definition) is 1. The zero-order valence-corrected chi connectivity index (χ0v) is 11.2. The second-order valence-corrected chi connectivity index (χ2v) is 4.43. The third-order valence-corrected chi connectivity index (χ3v) is 2.99. The van der Waals surface area contributed by atoms with E-state index in [1.54, 1.807) is 27.9 Å². The van der Waals surface area contributed by atoms with Crippen molar-refractivity contribution in [3.63, 3.8) is 0 Å². The van der Waals surface area contributed by atoms with Crippen LogP contribution in [0.3, 0.4) is 0 Å². The van der Waals surface area contributed by atoms with Crippen molar-refractivity contribution in [2.75, 3.05) is 12.3 Å². The molecule has 5 heteroatoms. The fraction of sp³-hybridized carbons (Fsp3) is 0.286. The maximum absolute atomic E-state index is 12.4. The normalized spacial score (nSPS) is 10.4. The van der Waals surface area contributed by atoms with Crippen LogP contribution >= 0.6 is 0 Å². The van der Waals surface area contributed by atoms with E-state index in [-0.39, 0.29) is 5.91 Å². The van der Waals surface area contributed by atoms with Crippen molar-refractivity contribution in [3.8, 4) is 0 Å². The molecule has 0 fully saturated rings. The van der Waals surface area contributed by atoms with Crippen molar-refractivity contribution >= 4 is 11.6 Å². The molecule has 0 spiro atoms. The molecule has 2 rings (SSSR count). The van der Waals surface area contributed by atoms with Gasteiger partial charge in [0.15, 0.2) is 0 Å². The maximum Gasteiger partial charge on any atom is 0.256 e. The van der Waals surface area contributed by atoms with Crippen LogP contribution in [0.2, 0.25) is 0 Å². The van der Waals surface area contributed by atoms with E-state index in [0.717, 1.165) is 5.56 Å². The van der Waals surface area contributed by atoms with Gasteiger partial charge in [-0.15, -0.1) is 0 Å². The van der Waals surface area contributed by atoms with E-state index in [4.69, 9.17) is 5.73 Å². The number of nitrogens with zero attached hydrogens (tertiary/aromatic N) is 3. The van der Waals surface area contributed by atoms with Gasteiger partial charge in [0.05, 0.1) is 11.8 Å². The zero-order valence-electron chi connectivity index (χ0n) is 11.2. The summed E-state index contributed by atoms with van der Waals surface area (Å²) in [7, 11) is 1.86. The average Bonchev–Trinajstić information content (AvgIpc) is 2.81. The van der Waals surface area contributed by atoms with Crippen molar-refractivity contribution in [1.82, 2.24) is 14.7 Å². The first-order chi connectivity index (χ1) is 9.11. The monoisotopic (exact) mass is 258 g/mol. The average molecular weight is 258 g/mol. The van der Waals surface area contributed by atoms with Crippen LogP contribution < -0.4 is 5.73 Å². The molecule has 0 unspecified atom stereocenters. The van der Waals surface area contributed by atoms with Crippen LogP contribution in [0.25, 0.3) is 0 Å². The second-order valence-electron chi connectivity index (χ2n) is 4.43. The number of aromatic nitrogens is 2. The number of nitrogens with two attached hydrogens (primary N) is 1. The van der Waals surface area contributed by atoms with Crippen molar-refractivity contribution in [3.05, 3.63) is 47.8 Å². The number of hydrogen-bond acceptors (Lipinski definition) is 3. The summed E-state index contributed by atoms with van der Waals surface area (Å²) >= 11 is 0. The molecule has 2 aromatic rings. The van der Waals surface area contributed by atoms with Crippen molar-refractivity contribution < 1.29 is 4.79 Å². The van der Waals surface area contributed by atoms with Gasteiger partial charge in [-0.1, -0.05) is 12.1 Å². The van der Waals surface area contributed by atoms with Crippen LogP contribution in [0.1, 0.15) is 22.8 Å². The zero-order chi connectivity index (χ0) is 13.8. The molecule has 100 valence electrons. The largest absolute Gasteiger partial charge is 0.398 e. The van der Waals surface area contributed by atoms with E-state index in [2.05, 4.69) is 5.10 Å². The van der Waals surface area contributed by atoms with Gasteiger partial charge in [0, 0.05) is 37.6 Å². The molecule has 1 amide bonds. The third kappa shape index (κ3) is 2.93. The van der Waals surface area contributed by atoms with Crippen LogP contribution in [0.4, 0.5) is 5.69 Å². The number of carbonyl (C=O) groups excluding carboxylic acids is 1. The highest BCUT2D eigenvalue weighted by Crippen LogP contribution is 2.15. The Hall–Kier alpha value is -2.30. The van der Waals surface area contributed by atoms with Crippen molar-refractivity contribution in [2.45, 2.75) is 13.5 Å². The van der Waals surface area contributed by atoms with E-state index >= 15 is 0 Å². The summed E-state index contributed by atoms with van der Waals surface area (Å²) in [5.41, 5.74) is 7.91.